The molecule has 25 heavy (non-hydrogen) atoms. The zero-order valence-electron chi connectivity index (χ0n) is 14.1. The topological polar surface area (TPSA) is 34.0 Å². The highest BCUT2D eigenvalue weighted by atomic mass is 16.1. The van der Waals surface area contributed by atoms with Gasteiger partial charge < -0.3 is 9.88 Å². The number of benzene rings is 3. The fourth-order valence-corrected chi connectivity index (χ4v) is 3.48. The Morgan fingerprint density at radius 2 is 1.64 bits per heavy atom. The zero-order chi connectivity index (χ0) is 17.2. The van der Waals surface area contributed by atoms with E-state index in [1.54, 1.807) is 0 Å². The molecule has 3 nitrogen and oxygen atoms in total. The lowest BCUT2D eigenvalue weighted by Gasteiger charge is -2.11. The summed E-state index contributed by atoms with van der Waals surface area (Å²) in [5, 5.41) is 5.30. The van der Waals surface area contributed by atoms with Crippen LogP contribution >= 0.6 is 0 Å². The van der Waals surface area contributed by atoms with Crippen molar-refractivity contribution in [3.05, 3.63) is 83.9 Å². The standard InChI is InChI=1S/C22H20N2O/c1-16(23-15-25)18-11-12-22-20(13-18)19-9-5-6-10-21(19)24(22)14-17-7-3-2-4-8-17/h2-13,15-16H,14H2,1H3,(H,23,25). The van der Waals surface area contributed by atoms with E-state index in [-0.39, 0.29) is 6.04 Å². The molecule has 4 aromatic rings. The molecule has 0 fully saturated rings. The highest BCUT2D eigenvalue weighted by Crippen LogP contribution is 2.31. The number of hydrogen-bond acceptors (Lipinski definition) is 1. The van der Waals surface area contributed by atoms with E-state index in [0.29, 0.717) is 0 Å². The summed E-state index contributed by atoms with van der Waals surface area (Å²) in [6.45, 7) is 2.84. The second kappa shape index (κ2) is 6.44. The summed E-state index contributed by atoms with van der Waals surface area (Å²) in [4.78, 5) is 10.8. The molecule has 1 N–H and O–H groups in total. The van der Waals surface area contributed by atoms with Crippen molar-refractivity contribution in [2.24, 2.45) is 0 Å². The van der Waals surface area contributed by atoms with Crippen molar-refractivity contribution in [1.29, 1.82) is 0 Å². The van der Waals surface area contributed by atoms with Crippen molar-refractivity contribution >= 4 is 28.2 Å². The van der Waals surface area contributed by atoms with Crippen molar-refractivity contribution in [2.75, 3.05) is 0 Å². The molecule has 4 rings (SSSR count). The molecule has 124 valence electrons. The van der Waals surface area contributed by atoms with Gasteiger partial charge in [-0.15, -0.1) is 0 Å². The van der Waals surface area contributed by atoms with Crippen LogP contribution in [0.1, 0.15) is 24.1 Å². The monoisotopic (exact) mass is 328 g/mol. The van der Waals surface area contributed by atoms with Crippen LogP contribution in [0.5, 0.6) is 0 Å². The Bertz CT molecular complexity index is 1030. The van der Waals surface area contributed by atoms with Gasteiger partial charge in [0.25, 0.3) is 0 Å². The summed E-state index contributed by atoms with van der Waals surface area (Å²) >= 11 is 0. The minimum atomic E-state index is -0.00173. The molecular weight excluding hydrogens is 308 g/mol. The number of para-hydroxylation sites is 1. The summed E-state index contributed by atoms with van der Waals surface area (Å²) in [6, 6.07) is 25.5. The molecule has 1 unspecified atom stereocenters. The first-order chi connectivity index (χ1) is 12.3. The van der Waals surface area contributed by atoms with E-state index in [4.69, 9.17) is 0 Å². The maximum absolute atomic E-state index is 10.8. The second-order valence-electron chi connectivity index (χ2n) is 6.37. The molecule has 3 heteroatoms. The van der Waals surface area contributed by atoms with Crippen LogP contribution < -0.4 is 5.32 Å². The predicted octanol–water partition coefficient (Wildman–Crippen LogP) is 4.65. The number of fused-ring (bicyclic) bond motifs is 3. The zero-order valence-corrected chi connectivity index (χ0v) is 14.1. The third-order valence-corrected chi connectivity index (χ3v) is 4.80. The number of hydrogen-bond donors (Lipinski definition) is 1. The first-order valence-electron chi connectivity index (χ1n) is 8.52. The Hall–Kier alpha value is -3.07. The van der Waals surface area contributed by atoms with Crippen LogP contribution in [0.2, 0.25) is 0 Å². The Labute approximate surface area is 146 Å². The first-order valence-corrected chi connectivity index (χ1v) is 8.52. The van der Waals surface area contributed by atoms with Gasteiger partial charge in [0.05, 0.1) is 6.04 Å². The van der Waals surface area contributed by atoms with E-state index < -0.39 is 0 Å². The van der Waals surface area contributed by atoms with Gasteiger partial charge in [-0.1, -0.05) is 54.6 Å². The van der Waals surface area contributed by atoms with Gasteiger partial charge in [-0.3, -0.25) is 4.79 Å². The third kappa shape index (κ3) is 2.78. The van der Waals surface area contributed by atoms with Crippen molar-refractivity contribution in [3.8, 4) is 0 Å². The molecule has 3 aromatic carbocycles. The lowest BCUT2D eigenvalue weighted by Crippen LogP contribution is -2.15. The van der Waals surface area contributed by atoms with Crippen molar-refractivity contribution in [3.63, 3.8) is 0 Å². The van der Waals surface area contributed by atoms with Crippen LogP contribution in [0.25, 0.3) is 21.8 Å². The van der Waals surface area contributed by atoms with E-state index in [0.717, 1.165) is 18.5 Å². The van der Waals surface area contributed by atoms with Crippen molar-refractivity contribution in [1.82, 2.24) is 9.88 Å². The molecule has 1 heterocycles. The van der Waals surface area contributed by atoms with Gasteiger partial charge in [0.15, 0.2) is 0 Å². The Kier molecular flexibility index (Phi) is 3.98. The predicted molar refractivity (Wildman–Crippen MR) is 103 cm³/mol. The fraction of sp³-hybridized carbons (Fsp3) is 0.136. The summed E-state index contributed by atoms with van der Waals surface area (Å²) in [7, 11) is 0. The summed E-state index contributed by atoms with van der Waals surface area (Å²) in [5.41, 5.74) is 4.84. The van der Waals surface area contributed by atoms with Gasteiger partial charge in [0.1, 0.15) is 0 Å². The first kappa shape index (κ1) is 15.5. The minimum absolute atomic E-state index is 0.00173. The van der Waals surface area contributed by atoms with Crippen LogP contribution in [0, 0.1) is 0 Å². The number of carbonyl (C=O) groups is 1. The molecule has 1 aromatic heterocycles. The van der Waals surface area contributed by atoms with Crippen LogP contribution in [0.15, 0.2) is 72.8 Å². The molecule has 0 aliphatic rings. The smallest absolute Gasteiger partial charge is 0.207 e. The minimum Gasteiger partial charge on any atom is -0.352 e. The number of rotatable bonds is 5. The molecule has 0 saturated heterocycles. The van der Waals surface area contributed by atoms with Crippen molar-refractivity contribution < 1.29 is 4.79 Å². The highest BCUT2D eigenvalue weighted by molar-refractivity contribution is 6.08. The third-order valence-electron chi connectivity index (χ3n) is 4.80. The SMILES string of the molecule is CC(NC=O)c1ccc2c(c1)c1ccccc1n2Cc1ccccc1. The largest absolute Gasteiger partial charge is 0.352 e. The van der Waals surface area contributed by atoms with Crippen LogP contribution in [0.3, 0.4) is 0 Å². The average Bonchev–Trinajstić information content (AvgIpc) is 2.96. The van der Waals surface area contributed by atoms with E-state index in [1.807, 2.05) is 13.0 Å². The van der Waals surface area contributed by atoms with Gasteiger partial charge in [-0.2, -0.15) is 0 Å². The Morgan fingerprint density at radius 1 is 0.920 bits per heavy atom. The number of aromatic nitrogens is 1. The molecule has 1 atom stereocenters. The molecule has 0 spiro atoms. The van der Waals surface area contributed by atoms with E-state index in [9.17, 15) is 4.79 Å². The number of nitrogens with zero attached hydrogens (tertiary/aromatic N) is 1. The van der Waals surface area contributed by atoms with Gasteiger partial charge >= 0.3 is 0 Å². The number of amides is 1. The molecular formula is C22H20N2O. The van der Waals surface area contributed by atoms with E-state index in [1.165, 1.54) is 27.4 Å². The van der Waals surface area contributed by atoms with Gasteiger partial charge in [-0.05, 0) is 36.2 Å². The Morgan fingerprint density at radius 3 is 2.44 bits per heavy atom. The van der Waals surface area contributed by atoms with Gasteiger partial charge in [0, 0.05) is 28.4 Å². The normalized spacial score (nSPS) is 12.4. The summed E-state index contributed by atoms with van der Waals surface area (Å²) in [6.07, 6.45) is 0.757. The summed E-state index contributed by atoms with van der Waals surface area (Å²) < 4.78 is 2.36. The quantitative estimate of drug-likeness (QED) is 0.532. The lowest BCUT2D eigenvalue weighted by atomic mass is 10.0. The molecule has 0 aliphatic carbocycles. The Balaban J connectivity index is 1.90. The van der Waals surface area contributed by atoms with Gasteiger partial charge in [0.2, 0.25) is 6.41 Å². The molecule has 0 saturated carbocycles. The van der Waals surface area contributed by atoms with Crippen LogP contribution in [-0.2, 0) is 11.3 Å². The second-order valence-corrected chi connectivity index (χ2v) is 6.37. The van der Waals surface area contributed by atoms with E-state index in [2.05, 4.69) is 76.6 Å². The molecule has 0 bridgehead atoms. The lowest BCUT2D eigenvalue weighted by molar-refractivity contribution is -0.110. The maximum Gasteiger partial charge on any atom is 0.207 e. The number of carbonyl (C=O) groups excluding carboxylic acids is 1. The van der Waals surface area contributed by atoms with Gasteiger partial charge in [-0.25, -0.2) is 0 Å². The van der Waals surface area contributed by atoms with E-state index >= 15 is 0 Å². The molecule has 1 amide bonds. The number of nitrogens with one attached hydrogen (secondary N) is 1. The molecule has 0 aliphatic heterocycles. The highest BCUT2D eigenvalue weighted by Gasteiger charge is 2.13. The van der Waals surface area contributed by atoms with Crippen LogP contribution in [0.4, 0.5) is 0 Å². The van der Waals surface area contributed by atoms with Crippen molar-refractivity contribution in [2.45, 2.75) is 19.5 Å². The fourth-order valence-electron chi connectivity index (χ4n) is 3.48. The average molecular weight is 328 g/mol. The molecule has 0 radical (unpaired) electrons. The summed E-state index contributed by atoms with van der Waals surface area (Å²) in [5.74, 6) is 0. The van der Waals surface area contributed by atoms with Crippen LogP contribution in [-0.4, -0.2) is 11.0 Å². The maximum atomic E-state index is 10.8.